The van der Waals surface area contributed by atoms with Gasteiger partial charge >= 0.3 is 0 Å². The molecule has 0 amide bonds. The van der Waals surface area contributed by atoms with Crippen molar-refractivity contribution in [3.05, 3.63) is 99.9 Å². The van der Waals surface area contributed by atoms with Gasteiger partial charge < -0.3 is 14.5 Å². The molecule has 10 heteroatoms. The molecule has 0 N–H and O–H groups in total. The highest BCUT2D eigenvalue weighted by Gasteiger charge is 2.28. The summed E-state index contributed by atoms with van der Waals surface area (Å²) in [7, 11) is 0. The number of pyridine rings is 2. The van der Waals surface area contributed by atoms with Crippen molar-refractivity contribution in [2.75, 3.05) is 16.3 Å². The van der Waals surface area contributed by atoms with Crippen molar-refractivity contribution in [2.45, 2.75) is 20.4 Å². The standard InChI is InChI=1S/C24H18ClF3N4O2/c1-14-10-30-23(31-5-3-16(26)4-6-31)9-20(14)32-15(2)7-22(24(25)21(32)12-33)34-13-19-18(28)8-17(27)11-29-19/h3-5,7-11H,6,13H2,1-2H3/i13D2. The zero-order valence-electron chi connectivity index (χ0n) is 19.9. The number of anilines is 2. The summed E-state index contributed by atoms with van der Waals surface area (Å²) < 4.78 is 62.3. The number of aromatic nitrogens is 2. The minimum Gasteiger partial charge on any atom is -0.485 e. The molecule has 34 heavy (non-hydrogen) atoms. The molecule has 0 atom stereocenters. The van der Waals surface area contributed by atoms with Crippen LogP contribution < -0.4 is 9.80 Å². The molecule has 0 radical (unpaired) electrons. The van der Waals surface area contributed by atoms with Gasteiger partial charge in [0.1, 0.15) is 40.5 Å². The summed E-state index contributed by atoms with van der Waals surface area (Å²) in [5.74, 6) is -0.631. The SMILES string of the molecule is [2H]C([2H])(OC1=C(Cl)C(=C=O)N(c2cc(N3C=CC(F)=CC3)ncc2C)C(C)=C1)c1ncc(F)cc1F. The lowest BCUT2D eigenvalue weighted by molar-refractivity contribution is 0.200. The molecule has 0 saturated carbocycles. The Hall–Kier alpha value is -3.81. The topological polar surface area (TPSA) is 58.6 Å². The maximum atomic E-state index is 14.2. The highest BCUT2D eigenvalue weighted by molar-refractivity contribution is 6.33. The molecule has 0 saturated heterocycles. The number of aryl methyl sites for hydroxylation is 1. The predicted octanol–water partition coefficient (Wildman–Crippen LogP) is 5.36. The van der Waals surface area contributed by atoms with Crippen LogP contribution in [-0.4, -0.2) is 22.5 Å². The summed E-state index contributed by atoms with van der Waals surface area (Å²) in [4.78, 5) is 23.0. The van der Waals surface area contributed by atoms with Gasteiger partial charge in [-0.15, -0.1) is 0 Å². The molecule has 174 valence electrons. The van der Waals surface area contributed by atoms with Crippen molar-refractivity contribution >= 4 is 29.0 Å². The van der Waals surface area contributed by atoms with Crippen LogP contribution >= 0.6 is 11.6 Å². The fourth-order valence-electron chi connectivity index (χ4n) is 3.32. The Morgan fingerprint density at radius 2 is 2.03 bits per heavy atom. The van der Waals surface area contributed by atoms with E-state index in [0.717, 1.165) is 0 Å². The van der Waals surface area contributed by atoms with Crippen LogP contribution in [0.1, 0.15) is 20.9 Å². The maximum Gasteiger partial charge on any atom is 0.154 e. The third-order valence-electron chi connectivity index (χ3n) is 4.99. The average Bonchev–Trinajstić information content (AvgIpc) is 2.81. The van der Waals surface area contributed by atoms with E-state index < -0.39 is 23.9 Å². The van der Waals surface area contributed by atoms with E-state index in [1.165, 1.54) is 29.3 Å². The Labute approximate surface area is 201 Å². The highest BCUT2D eigenvalue weighted by Crippen LogP contribution is 2.38. The smallest absolute Gasteiger partial charge is 0.154 e. The second kappa shape index (κ2) is 9.59. The van der Waals surface area contributed by atoms with E-state index in [1.807, 2.05) is 0 Å². The van der Waals surface area contributed by atoms with Gasteiger partial charge in [0.15, 0.2) is 17.5 Å². The summed E-state index contributed by atoms with van der Waals surface area (Å²) in [6.45, 7) is 0.793. The van der Waals surface area contributed by atoms with Crippen LogP contribution in [0.5, 0.6) is 0 Å². The molecule has 0 fully saturated rings. The molecule has 0 bridgehead atoms. The number of allylic oxidation sites excluding steroid dienone is 5. The second-order valence-electron chi connectivity index (χ2n) is 7.32. The Morgan fingerprint density at radius 3 is 2.71 bits per heavy atom. The molecule has 0 unspecified atom stereocenters. The zero-order valence-corrected chi connectivity index (χ0v) is 18.7. The first-order valence-electron chi connectivity index (χ1n) is 10.9. The number of halogens is 4. The first kappa shape index (κ1) is 20.8. The van der Waals surface area contributed by atoms with E-state index in [-0.39, 0.29) is 28.9 Å². The number of ether oxygens (including phenoxy) is 1. The van der Waals surface area contributed by atoms with Crippen molar-refractivity contribution in [1.29, 1.82) is 0 Å². The summed E-state index contributed by atoms with van der Waals surface area (Å²) >= 11 is 6.42. The molecular weight excluding hydrogens is 469 g/mol. The molecule has 0 aliphatic carbocycles. The Kier molecular flexibility index (Phi) is 5.86. The molecular formula is C24H18ClF3N4O2. The van der Waals surface area contributed by atoms with Crippen LogP contribution in [-0.2, 0) is 16.1 Å². The molecule has 0 aromatic carbocycles. The van der Waals surface area contributed by atoms with E-state index >= 15 is 0 Å². The van der Waals surface area contributed by atoms with E-state index in [4.69, 9.17) is 19.1 Å². The largest absolute Gasteiger partial charge is 0.485 e. The van der Waals surface area contributed by atoms with Gasteiger partial charge in [-0.3, -0.25) is 4.98 Å². The molecule has 4 rings (SSSR count). The van der Waals surface area contributed by atoms with Gasteiger partial charge in [-0.1, -0.05) is 11.6 Å². The van der Waals surface area contributed by atoms with Crippen molar-refractivity contribution in [3.8, 4) is 0 Å². The van der Waals surface area contributed by atoms with Crippen molar-refractivity contribution in [1.82, 2.24) is 9.97 Å². The number of rotatable bonds is 5. The predicted molar refractivity (Wildman–Crippen MR) is 122 cm³/mol. The van der Waals surface area contributed by atoms with Crippen LogP contribution in [0.3, 0.4) is 0 Å². The lowest BCUT2D eigenvalue weighted by Crippen LogP contribution is -2.27. The molecule has 2 aromatic heterocycles. The number of hydrogen-bond donors (Lipinski definition) is 0. The minimum atomic E-state index is -2.84. The van der Waals surface area contributed by atoms with Crippen LogP contribution in [0.4, 0.5) is 24.7 Å². The van der Waals surface area contributed by atoms with Gasteiger partial charge in [-0.25, -0.2) is 22.9 Å². The number of nitrogens with zero attached hydrogens (tertiary/aromatic N) is 4. The lowest BCUT2D eigenvalue weighted by Gasteiger charge is -2.32. The third kappa shape index (κ3) is 4.62. The first-order valence-corrected chi connectivity index (χ1v) is 10.3. The fraction of sp³-hybridized carbons (Fsp3) is 0.167. The summed E-state index contributed by atoms with van der Waals surface area (Å²) in [6, 6.07) is 2.16. The van der Waals surface area contributed by atoms with E-state index in [9.17, 15) is 18.0 Å². The van der Waals surface area contributed by atoms with Gasteiger partial charge in [0.25, 0.3) is 0 Å². The van der Waals surface area contributed by atoms with Crippen LogP contribution in [0.25, 0.3) is 0 Å². The minimum absolute atomic E-state index is 0.185. The molecule has 2 aliphatic rings. The quantitative estimate of drug-likeness (QED) is 0.528. The van der Waals surface area contributed by atoms with E-state index in [1.54, 1.807) is 37.0 Å². The van der Waals surface area contributed by atoms with Gasteiger partial charge in [0, 0.05) is 42.8 Å². The third-order valence-corrected chi connectivity index (χ3v) is 5.36. The van der Waals surface area contributed by atoms with Gasteiger partial charge in [-0.05, 0) is 31.6 Å². The zero-order chi connectivity index (χ0) is 26.2. The lowest BCUT2D eigenvalue weighted by atomic mass is 10.1. The van der Waals surface area contributed by atoms with Crippen molar-refractivity contribution in [3.63, 3.8) is 0 Å². The maximum absolute atomic E-state index is 14.2. The van der Waals surface area contributed by atoms with E-state index in [2.05, 4.69) is 9.97 Å². The Bertz CT molecular complexity index is 1420. The van der Waals surface area contributed by atoms with Crippen LogP contribution in [0.15, 0.2) is 77.0 Å². The highest BCUT2D eigenvalue weighted by atomic mass is 35.5. The second-order valence-corrected chi connectivity index (χ2v) is 7.70. The fourth-order valence-corrected chi connectivity index (χ4v) is 3.54. The number of hydrogen-bond acceptors (Lipinski definition) is 6. The first-order chi connectivity index (χ1) is 17.0. The molecule has 4 heterocycles. The average molecular weight is 489 g/mol. The molecule has 0 spiro atoms. The van der Waals surface area contributed by atoms with Gasteiger partial charge in [0.05, 0.1) is 14.6 Å². The Balaban J connectivity index is 1.70. The van der Waals surface area contributed by atoms with E-state index in [0.29, 0.717) is 35.0 Å². The molecule has 2 aromatic rings. The summed E-state index contributed by atoms with van der Waals surface area (Å²) in [6.07, 6.45) is 7.82. The van der Waals surface area contributed by atoms with Crippen LogP contribution in [0, 0.1) is 18.6 Å². The molecule has 2 aliphatic heterocycles. The van der Waals surface area contributed by atoms with Crippen LogP contribution in [0.2, 0.25) is 0 Å². The normalized spacial score (nSPS) is 17.2. The van der Waals surface area contributed by atoms with Crippen molar-refractivity contribution < 1.29 is 25.4 Å². The van der Waals surface area contributed by atoms with Gasteiger partial charge in [-0.2, -0.15) is 0 Å². The monoisotopic (exact) mass is 488 g/mol. The van der Waals surface area contributed by atoms with Crippen molar-refractivity contribution in [2.24, 2.45) is 0 Å². The Morgan fingerprint density at radius 1 is 1.24 bits per heavy atom. The molecule has 6 nitrogen and oxygen atoms in total. The summed E-state index contributed by atoms with van der Waals surface area (Å²) in [5.41, 5.74) is 0.609. The van der Waals surface area contributed by atoms with Gasteiger partial charge in [0.2, 0.25) is 0 Å². The number of carbonyl (C=O) groups excluding carboxylic acids is 1. The summed E-state index contributed by atoms with van der Waals surface area (Å²) in [5, 5.41) is -0.289.